The molecule has 7 N–H and O–H groups in total. The highest BCUT2D eigenvalue weighted by Gasteiger charge is 2.28. The van der Waals surface area contributed by atoms with Crippen LogP contribution in [0.15, 0.2) is 77.9 Å². The van der Waals surface area contributed by atoms with Gasteiger partial charge in [-0.15, -0.1) is 0 Å². The SMILES string of the molecule is CC(C)(CCCCOc1cc(-c2ccccc2)cc(-c2ccccc2)n1)/C(=N/N)N(N)CCCCC(=O)NCCCN. The number of hydrogen-bond donors (Lipinski definition) is 4. The van der Waals surface area contributed by atoms with Crippen LogP contribution in [-0.2, 0) is 4.79 Å². The van der Waals surface area contributed by atoms with Crippen LogP contribution in [-0.4, -0.2) is 48.0 Å². The average molecular weight is 574 g/mol. The Morgan fingerprint density at radius 1 is 0.929 bits per heavy atom. The second kappa shape index (κ2) is 17.1. The molecule has 9 nitrogen and oxygen atoms in total. The van der Waals surface area contributed by atoms with Gasteiger partial charge in [-0.2, -0.15) is 5.10 Å². The van der Waals surface area contributed by atoms with E-state index in [1.54, 1.807) is 5.01 Å². The van der Waals surface area contributed by atoms with Gasteiger partial charge in [-0.05, 0) is 62.3 Å². The number of ether oxygens (including phenoxy) is 1. The number of hydrogen-bond acceptors (Lipinski definition) is 7. The summed E-state index contributed by atoms with van der Waals surface area (Å²) in [4.78, 5) is 16.7. The Bertz CT molecular complexity index is 1190. The molecule has 0 atom stereocenters. The standard InChI is InChI=1S/C33H47N7O2/c1-33(2,32(39-35)40(36)22-11-9-18-30(41)37-21-13-20-34)19-10-12-23-42-31-25-28(26-14-5-3-6-15-26)24-29(38-31)27-16-7-4-8-17-27/h3-8,14-17,24-25H,9-13,18-23,34-36H2,1-2H3,(H,37,41)/b39-32-. The van der Waals surface area contributed by atoms with E-state index >= 15 is 0 Å². The molecule has 1 amide bonds. The summed E-state index contributed by atoms with van der Waals surface area (Å²) in [5, 5.41) is 8.52. The fraction of sp³-hybridized carbons (Fsp3) is 0.424. The highest BCUT2D eigenvalue weighted by atomic mass is 16.5. The molecule has 0 saturated carbocycles. The Kier molecular flexibility index (Phi) is 13.3. The molecule has 2 aromatic carbocycles. The molecule has 0 bridgehead atoms. The summed E-state index contributed by atoms with van der Waals surface area (Å²) in [6.45, 7) is 6.51. The lowest BCUT2D eigenvalue weighted by Gasteiger charge is -2.32. The lowest BCUT2D eigenvalue weighted by atomic mass is 9.85. The molecule has 0 unspecified atom stereocenters. The molecule has 9 heteroatoms. The monoisotopic (exact) mass is 573 g/mol. The van der Waals surface area contributed by atoms with Crippen molar-refractivity contribution in [2.75, 3.05) is 26.2 Å². The van der Waals surface area contributed by atoms with Gasteiger partial charge in [0.1, 0.15) is 5.84 Å². The summed E-state index contributed by atoms with van der Waals surface area (Å²) in [5.41, 5.74) is 9.27. The maximum absolute atomic E-state index is 11.9. The Morgan fingerprint density at radius 3 is 2.29 bits per heavy atom. The van der Waals surface area contributed by atoms with Gasteiger partial charge in [0.15, 0.2) is 0 Å². The van der Waals surface area contributed by atoms with E-state index in [0.29, 0.717) is 44.4 Å². The molecular formula is C33H47N7O2. The van der Waals surface area contributed by atoms with Crippen molar-refractivity contribution in [2.45, 2.75) is 58.8 Å². The number of pyridine rings is 1. The number of aromatic nitrogens is 1. The van der Waals surface area contributed by atoms with Crippen molar-refractivity contribution in [1.82, 2.24) is 15.3 Å². The zero-order valence-corrected chi connectivity index (χ0v) is 25.1. The maximum Gasteiger partial charge on any atom is 0.219 e. The van der Waals surface area contributed by atoms with Gasteiger partial charge < -0.3 is 21.6 Å². The van der Waals surface area contributed by atoms with Gasteiger partial charge in [-0.25, -0.2) is 10.8 Å². The molecule has 1 heterocycles. The van der Waals surface area contributed by atoms with Gasteiger partial charge in [0.25, 0.3) is 0 Å². The minimum absolute atomic E-state index is 0.0422. The molecule has 0 aliphatic carbocycles. The Morgan fingerprint density at radius 2 is 1.62 bits per heavy atom. The largest absolute Gasteiger partial charge is 0.478 e. The zero-order valence-electron chi connectivity index (χ0n) is 25.1. The predicted octanol–water partition coefficient (Wildman–Crippen LogP) is 5.07. The summed E-state index contributed by atoms with van der Waals surface area (Å²) in [6.07, 6.45) is 5.36. The van der Waals surface area contributed by atoms with E-state index in [9.17, 15) is 4.79 Å². The van der Waals surface area contributed by atoms with Crippen LogP contribution in [0.25, 0.3) is 22.4 Å². The number of rotatable bonds is 17. The van der Waals surface area contributed by atoms with Gasteiger partial charge in [0.2, 0.25) is 11.8 Å². The number of carbonyl (C=O) groups excluding carboxylic acids is 1. The lowest BCUT2D eigenvalue weighted by Crippen LogP contribution is -2.46. The van der Waals surface area contributed by atoms with Gasteiger partial charge in [0, 0.05) is 36.6 Å². The molecule has 3 rings (SSSR count). The molecule has 0 spiro atoms. The smallest absolute Gasteiger partial charge is 0.219 e. The van der Waals surface area contributed by atoms with Crippen molar-refractivity contribution in [3.05, 3.63) is 72.8 Å². The first-order chi connectivity index (χ1) is 20.3. The molecule has 0 aliphatic rings. The van der Waals surface area contributed by atoms with Gasteiger partial charge >= 0.3 is 0 Å². The molecule has 3 aromatic rings. The number of amides is 1. The van der Waals surface area contributed by atoms with Crippen LogP contribution in [0, 0.1) is 5.41 Å². The molecule has 0 saturated heterocycles. The summed E-state index contributed by atoms with van der Waals surface area (Å²) in [7, 11) is 0. The number of hydrazine groups is 1. The van der Waals surface area contributed by atoms with Crippen LogP contribution in [0.5, 0.6) is 5.88 Å². The normalized spacial score (nSPS) is 11.8. The molecule has 0 aliphatic heterocycles. The van der Waals surface area contributed by atoms with Crippen LogP contribution < -0.4 is 27.5 Å². The van der Waals surface area contributed by atoms with Gasteiger partial charge in [-0.1, -0.05) is 74.5 Å². The van der Waals surface area contributed by atoms with E-state index in [1.807, 2.05) is 42.5 Å². The van der Waals surface area contributed by atoms with Crippen molar-refractivity contribution >= 4 is 11.7 Å². The maximum atomic E-state index is 11.9. The summed E-state index contributed by atoms with van der Waals surface area (Å²) >= 11 is 0. The minimum atomic E-state index is -0.310. The van der Waals surface area contributed by atoms with Crippen LogP contribution in [0.4, 0.5) is 0 Å². The van der Waals surface area contributed by atoms with E-state index in [0.717, 1.165) is 60.9 Å². The Hall–Kier alpha value is -3.95. The topological polar surface area (TPSA) is 145 Å². The quantitative estimate of drug-likeness (QED) is 0.0580. The van der Waals surface area contributed by atoms with Crippen LogP contribution >= 0.6 is 0 Å². The van der Waals surface area contributed by atoms with Crippen molar-refractivity contribution in [1.29, 1.82) is 0 Å². The number of benzene rings is 2. The third kappa shape index (κ3) is 10.5. The molecule has 42 heavy (non-hydrogen) atoms. The molecule has 0 fully saturated rings. The number of carbonyl (C=O) groups is 1. The summed E-state index contributed by atoms with van der Waals surface area (Å²) in [6, 6.07) is 24.5. The van der Waals surface area contributed by atoms with Crippen LogP contribution in [0.2, 0.25) is 0 Å². The second-order valence-electron chi connectivity index (χ2n) is 11.1. The summed E-state index contributed by atoms with van der Waals surface area (Å²) < 4.78 is 6.15. The summed E-state index contributed by atoms with van der Waals surface area (Å²) in [5.74, 6) is 13.4. The number of nitrogens with two attached hydrogens (primary N) is 3. The Balaban J connectivity index is 1.49. The zero-order chi connectivity index (χ0) is 30.2. The second-order valence-corrected chi connectivity index (χ2v) is 11.1. The number of hydrazone groups is 1. The van der Waals surface area contributed by atoms with E-state index in [-0.39, 0.29) is 11.3 Å². The van der Waals surface area contributed by atoms with Crippen molar-refractivity contribution in [2.24, 2.45) is 27.9 Å². The van der Waals surface area contributed by atoms with Gasteiger partial charge in [0.05, 0.1) is 12.3 Å². The van der Waals surface area contributed by atoms with Crippen molar-refractivity contribution < 1.29 is 9.53 Å². The first-order valence-electron chi connectivity index (χ1n) is 14.9. The highest BCUT2D eigenvalue weighted by Crippen LogP contribution is 2.29. The molecule has 1 aromatic heterocycles. The average Bonchev–Trinajstić information content (AvgIpc) is 3.00. The molecule has 226 valence electrons. The van der Waals surface area contributed by atoms with Gasteiger partial charge in [-0.3, -0.25) is 9.80 Å². The Labute approximate surface area is 250 Å². The third-order valence-electron chi connectivity index (χ3n) is 7.18. The van der Waals surface area contributed by atoms with Crippen molar-refractivity contribution in [3.63, 3.8) is 0 Å². The fourth-order valence-electron chi connectivity index (χ4n) is 4.82. The number of nitrogens with zero attached hydrogens (tertiary/aromatic N) is 3. The first kappa shape index (κ1) is 32.6. The van der Waals surface area contributed by atoms with E-state index in [1.165, 1.54) is 0 Å². The van der Waals surface area contributed by atoms with Crippen LogP contribution in [0.1, 0.15) is 58.8 Å². The fourth-order valence-corrected chi connectivity index (χ4v) is 4.82. The number of nitrogens with one attached hydrogen (secondary N) is 1. The van der Waals surface area contributed by atoms with Crippen molar-refractivity contribution in [3.8, 4) is 28.3 Å². The number of amidine groups is 1. The van der Waals surface area contributed by atoms with E-state index < -0.39 is 0 Å². The third-order valence-corrected chi connectivity index (χ3v) is 7.18. The predicted molar refractivity (Wildman–Crippen MR) is 171 cm³/mol. The lowest BCUT2D eigenvalue weighted by molar-refractivity contribution is -0.121. The van der Waals surface area contributed by atoms with E-state index in [2.05, 4.69) is 54.6 Å². The number of unbranched alkanes of at least 4 members (excludes halogenated alkanes) is 2. The minimum Gasteiger partial charge on any atom is -0.478 e. The van der Waals surface area contributed by atoms with E-state index in [4.69, 9.17) is 27.1 Å². The molecule has 0 radical (unpaired) electrons. The highest BCUT2D eigenvalue weighted by molar-refractivity contribution is 5.86. The molecular weight excluding hydrogens is 526 g/mol. The van der Waals surface area contributed by atoms with Crippen LogP contribution in [0.3, 0.4) is 0 Å². The first-order valence-corrected chi connectivity index (χ1v) is 14.9.